The normalized spacial score (nSPS) is 9.62. The second-order valence-corrected chi connectivity index (χ2v) is 3.04. The van der Waals surface area contributed by atoms with Crippen LogP contribution >= 0.6 is 15.9 Å². The number of nitrogens with zero attached hydrogens (tertiary/aromatic N) is 1. The number of carboxylic acid groups (broad SMARTS) is 2. The number of pyridine rings is 1. The van der Waals surface area contributed by atoms with Gasteiger partial charge in [0.05, 0.1) is 17.6 Å². The number of halogens is 1. The summed E-state index contributed by atoms with van der Waals surface area (Å²) in [6, 6.07) is 1.09. The number of aromatic carboxylic acids is 2. The highest BCUT2D eigenvalue weighted by Crippen LogP contribution is 2.12. The molecule has 1 aromatic heterocycles. The average Bonchev–Trinajstić information content (AvgIpc) is 2.03. The summed E-state index contributed by atoms with van der Waals surface area (Å²) >= 11 is 2.95. The monoisotopic (exact) mass is 243 g/mol. The zero-order valence-corrected chi connectivity index (χ0v) is 7.70. The fourth-order valence-corrected chi connectivity index (χ4v) is 1.09. The molecule has 0 N–H and O–H groups in total. The largest absolute Gasteiger partial charge is 0.545 e. The third-order valence-corrected chi connectivity index (χ3v) is 1.70. The number of rotatable bonds is 2. The fourth-order valence-electron chi connectivity index (χ4n) is 0.758. The average molecular weight is 244 g/mol. The van der Waals surface area contributed by atoms with Crippen molar-refractivity contribution in [1.82, 2.24) is 4.98 Å². The minimum Gasteiger partial charge on any atom is -0.545 e. The second kappa shape index (κ2) is 3.53. The first-order chi connectivity index (χ1) is 6.02. The van der Waals surface area contributed by atoms with E-state index in [1.807, 2.05) is 0 Å². The zero-order valence-electron chi connectivity index (χ0n) is 6.11. The molecule has 0 saturated heterocycles. The summed E-state index contributed by atoms with van der Waals surface area (Å²) in [6.45, 7) is 0. The van der Waals surface area contributed by atoms with Gasteiger partial charge >= 0.3 is 0 Å². The molecule has 0 aliphatic rings. The van der Waals surface area contributed by atoms with E-state index in [1.54, 1.807) is 0 Å². The van der Waals surface area contributed by atoms with E-state index < -0.39 is 23.2 Å². The van der Waals surface area contributed by atoms with Crippen molar-refractivity contribution in [1.29, 1.82) is 0 Å². The Labute approximate surface area is 81.2 Å². The smallest absolute Gasteiger partial charge is 0.0948 e. The van der Waals surface area contributed by atoms with Crippen molar-refractivity contribution in [3.8, 4) is 0 Å². The van der Waals surface area contributed by atoms with E-state index in [0.29, 0.717) is 4.47 Å². The van der Waals surface area contributed by atoms with Gasteiger partial charge in [-0.1, -0.05) is 0 Å². The molecule has 0 aliphatic heterocycles. The van der Waals surface area contributed by atoms with Crippen LogP contribution in [-0.4, -0.2) is 16.9 Å². The van der Waals surface area contributed by atoms with Crippen molar-refractivity contribution in [3.63, 3.8) is 0 Å². The maximum atomic E-state index is 10.4. The zero-order chi connectivity index (χ0) is 10.0. The maximum absolute atomic E-state index is 10.4. The van der Waals surface area contributed by atoms with Gasteiger partial charge in [0.15, 0.2) is 0 Å². The molecule has 1 heterocycles. The van der Waals surface area contributed by atoms with Crippen molar-refractivity contribution in [2.24, 2.45) is 0 Å². The minimum absolute atomic E-state index is 0.358. The van der Waals surface area contributed by atoms with Crippen LogP contribution < -0.4 is 10.2 Å². The van der Waals surface area contributed by atoms with E-state index in [4.69, 9.17) is 0 Å². The van der Waals surface area contributed by atoms with Gasteiger partial charge in [0.25, 0.3) is 0 Å². The van der Waals surface area contributed by atoms with Gasteiger partial charge in [0.1, 0.15) is 0 Å². The Hall–Kier alpha value is -1.43. The molecular formula is C7H2BrNO4-2. The van der Waals surface area contributed by atoms with Crippen LogP contribution in [0.4, 0.5) is 0 Å². The quantitative estimate of drug-likeness (QED) is 0.635. The maximum Gasteiger partial charge on any atom is 0.0948 e. The molecule has 1 rings (SSSR count). The predicted octanol–water partition coefficient (Wildman–Crippen LogP) is -1.43. The SMILES string of the molecule is O=C([O-])c1cc(Br)cnc1C(=O)[O-]. The van der Waals surface area contributed by atoms with Crippen LogP contribution in [0.1, 0.15) is 20.8 Å². The van der Waals surface area contributed by atoms with Crippen molar-refractivity contribution in [2.45, 2.75) is 0 Å². The summed E-state index contributed by atoms with van der Waals surface area (Å²) in [6.07, 6.45) is 1.16. The van der Waals surface area contributed by atoms with Crippen LogP contribution in [0.5, 0.6) is 0 Å². The van der Waals surface area contributed by atoms with E-state index in [9.17, 15) is 19.8 Å². The van der Waals surface area contributed by atoms with Gasteiger partial charge in [-0.25, -0.2) is 0 Å². The summed E-state index contributed by atoms with van der Waals surface area (Å²) < 4.78 is 0.358. The fraction of sp³-hybridized carbons (Fsp3) is 0. The van der Waals surface area contributed by atoms with E-state index in [1.165, 1.54) is 0 Å². The van der Waals surface area contributed by atoms with Gasteiger partial charge in [-0.2, -0.15) is 0 Å². The summed E-state index contributed by atoms with van der Waals surface area (Å²) in [7, 11) is 0. The lowest BCUT2D eigenvalue weighted by atomic mass is 10.2. The molecule has 0 radical (unpaired) electrons. The molecule has 0 aromatic carbocycles. The van der Waals surface area contributed by atoms with Crippen molar-refractivity contribution >= 4 is 27.9 Å². The molecule has 68 valence electrons. The molecule has 0 amide bonds. The number of hydrogen-bond donors (Lipinski definition) is 0. The predicted molar refractivity (Wildman–Crippen MR) is 40.6 cm³/mol. The van der Waals surface area contributed by atoms with Gasteiger partial charge in [-0.15, -0.1) is 0 Å². The van der Waals surface area contributed by atoms with E-state index >= 15 is 0 Å². The molecule has 13 heavy (non-hydrogen) atoms. The highest BCUT2D eigenvalue weighted by atomic mass is 79.9. The first kappa shape index (κ1) is 9.66. The van der Waals surface area contributed by atoms with E-state index in [0.717, 1.165) is 12.3 Å². The van der Waals surface area contributed by atoms with Gasteiger partial charge < -0.3 is 19.8 Å². The van der Waals surface area contributed by atoms with E-state index in [-0.39, 0.29) is 0 Å². The third-order valence-electron chi connectivity index (χ3n) is 1.27. The van der Waals surface area contributed by atoms with E-state index in [2.05, 4.69) is 20.9 Å². The van der Waals surface area contributed by atoms with Crippen LogP contribution in [0.3, 0.4) is 0 Å². The van der Waals surface area contributed by atoms with Crippen LogP contribution in [0.25, 0.3) is 0 Å². The topological polar surface area (TPSA) is 93.2 Å². The van der Waals surface area contributed by atoms with Crippen molar-refractivity contribution < 1.29 is 19.8 Å². The Morgan fingerprint density at radius 2 is 1.92 bits per heavy atom. The molecule has 0 atom stereocenters. The molecule has 0 fully saturated rings. The molecule has 5 nitrogen and oxygen atoms in total. The molecule has 6 heteroatoms. The Kier molecular flexibility index (Phi) is 2.62. The van der Waals surface area contributed by atoms with Gasteiger partial charge in [-0.05, 0) is 22.0 Å². The van der Waals surface area contributed by atoms with Gasteiger partial charge in [0, 0.05) is 16.2 Å². The van der Waals surface area contributed by atoms with Gasteiger partial charge in [0.2, 0.25) is 0 Å². The molecule has 0 aliphatic carbocycles. The Morgan fingerprint density at radius 3 is 2.38 bits per heavy atom. The summed E-state index contributed by atoms with van der Waals surface area (Å²) in [5.41, 5.74) is -1.14. The van der Waals surface area contributed by atoms with Crippen molar-refractivity contribution in [2.75, 3.05) is 0 Å². The number of aromatic nitrogens is 1. The van der Waals surface area contributed by atoms with Crippen molar-refractivity contribution in [3.05, 3.63) is 28.0 Å². The number of carbonyl (C=O) groups excluding carboxylic acids is 2. The Balaban J connectivity index is 3.35. The first-order valence-corrected chi connectivity index (χ1v) is 3.90. The third kappa shape index (κ3) is 2.03. The number of hydrogen-bond acceptors (Lipinski definition) is 5. The highest BCUT2D eigenvalue weighted by Gasteiger charge is 2.06. The minimum atomic E-state index is -1.65. The summed E-state index contributed by atoms with van der Waals surface area (Å²) in [4.78, 5) is 24.1. The molecule has 0 saturated carbocycles. The van der Waals surface area contributed by atoms with Crippen LogP contribution in [0, 0.1) is 0 Å². The lowest BCUT2D eigenvalue weighted by Crippen LogP contribution is -2.31. The number of carbonyl (C=O) groups is 2. The lowest BCUT2D eigenvalue weighted by Gasteiger charge is -2.09. The Morgan fingerprint density at radius 1 is 1.31 bits per heavy atom. The van der Waals surface area contributed by atoms with Crippen LogP contribution in [0.15, 0.2) is 16.7 Å². The summed E-state index contributed by atoms with van der Waals surface area (Å²) in [5, 5.41) is 20.8. The molecule has 0 unspecified atom stereocenters. The molecular weight excluding hydrogens is 242 g/mol. The molecule has 0 spiro atoms. The Bertz CT molecular complexity index is 377. The first-order valence-electron chi connectivity index (χ1n) is 3.10. The lowest BCUT2D eigenvalue weighted by molar-refractivity contribution is -0.260. The van der Waals surface area contributed by atoms with Crippen LogP contribution in [-0.2, 0) is 0 Å². The molecule has 1 aromatic rings. The highest BCUT2D eigenvalue weighted by molar-refractivity contribution is 9.10. The molecule has 0 bridgehead atoms. The summed E-state index contributed by atoms with van der Waals surface area (Å²) in [5.74, 6) is -3.25. The standard InChI is InChI=1S/C7H4BrNO4/c8-3-1-4(6(10)11)5(7(12)13)9-2-3/h1-2H,(H,10,11)(H,12,13)/p-2. The number of carboxylic acids is 2. The van der Waals surface area contributed by atoms with Gasteiger partial charge in [-0.3, -0.25) is 4.98 Å². The second-order valence-electron chi connectivity index (χ2n) is 2.12. The van der Waals surface area contributed by atoms with Crippen LogP contribution in [0.2, 0.25) is 0 Å².